The van der Waals surface area contributed by atoms with Crippen molar-refractivity contribution in [1.82, 2.24) is 5.32 Å². The number of nitrogens with one attached hydrogen (secondary N) is 1. The summed E-state index contributed by atoms with van der Waals surface area (Å²) in [6.45, 7) is 8.16. The maximum atomic E-state index is 14.2. The van der Waals surface area contributed by atoms with E-state index in [2.05, 4.69) is 19.2 Å². The summed E-state index contributed by atoms with van der Waals surface area (Å²) < 4.78 is 54.0. The van der Waals surface area contributed by atoms with Crippen molar-refractivity contribution >= 4 is 11.9 Å². The number of hydrogen-bond acceptors (Lipinski definition) is 5. The molecule has 0 aliphatic carbocycles. The van der Waals surface area contributed by atoms with E-state index in [0.717, 1.165) is 44.6 Å². The van der Waals surface area contributed by atoms with Gasteiger partial charge in [0.05, 0.1) is 30.3 Å². The molecule has 44 heavy (non-hydrogen) atoms. The highest BCUT2D eigenvalue weighted by Gasteiger charge is 2.47. The van der Waals surface area contributed by atoms with E-state index in [1.165, 1.54) is 69.6 Å². The number of unbranched alkanes of at least 4 members (excludes halogenated alkanes) is 14. The van der Waals surface area contributed by atoms with E-state index in [1.54, 1.807) is 13.8 Å². The normalized spacial score (nSPS) is 18.7. The first-order valence-electron chi connectivity index (χ1n) is 17.1. The minimum absolute atomic E-state index is 0.0633. The van der Waals surface area contributed by atoms with Crippen LogP contribution in [-0.4, -0.2) is 31.2 Å². The summed E-state index contributed by atoms with van der Waals surface area (Å²) in [4.78, 5) is 27.1. The highest BCUT2D eigenvalue weighted by Crippen LogP contribution is 2.45. The van der Waals surface area contributed by atoms with Crippen LogP contribution < -0.4 is 5.32 Å². The maximum Gasteiger partial charge on any atom is 0.416 e. The Morgan fingerprint density at radius 2 is 1.23 bits per heavy atom. The van der Waals surface area contributed by atoms with Crippen molar-refractivity contribution in [2.24, 2.45) is 5.92 Å². The van der Waals surface area contributed by atoms with E-state index in [4.69, 9.17) is 9.47 Å². The summed E-state index contributed by atoms with van der Waals surface area (Å²) in [5.74, 6) is -3.47. The number of hydrogen-bond donors (Lipinski definition) is 1. The fourth-order valence-electron chi connectivity index (χ4n) is 6.19. The van der Waals surface area contributed by atoms with Gasteiger partial charge in [-0.15, -0.1) is 0 Å². The van der Waals surface area contributed by atoms with E-state index in [-0.39, 0.29) is 24.4 Å². The minimum atomic E-state index is -4.66. The molecular weight excluding hydrogens is 567 g/mol. The van der Waals surface area contributed by atoms with Crippen molar-refractivity contribution in [1.29, 1.82) is 0 Å². The second-order valence-corrected chi connectivity index (χ2v) is 12.3. The van der Waals surface area contributed by atoms with Crippen molar-refractivity contribution < 1.29 is 32.2 Å². The van der Waals surface area contributed by atoms with E-state index in [9.17, 15) is 22.8 Å². The van der Waals surface area contributed by atoms with Gasteiger partial charge in [0, 0.05) is 17.7 Å². The van der Waals surface area contributed by atoms with Crippen LogP contribution in [0.5, 0.6) is 0 Å². The van der Waals surface area contributed by atoms with Gasteiger partial charge in [0.2, 0.25) is 0 Å². The van der Waals surface area contributed by atoms with Gasteiger partial charge in [0.15, 0.2) is 0 Å². The van der Waals surface area contributed by atoms with Crippen LogP contribution in [0.1, 0.15) is 147 Å². The molecule has 0 saturated carbocycles. The van der Waals surface area contributed by atoms with Gasteiger partial charge in [-0.3, -0.25) is 4.79 Å². The number of halogens is 3. The van der Waals surface area contributed by atoms with Gasteiger partial charge >= 0.3 is 18.1 Å². The highest BCUT2D eigenvalue weighted by molar-refractivity contribution is 5.93. The lowest BCUT2D eigenvalue weighted by molar-refractivity contribution is -0.152. The van der Waals surface area contributed by atoms with E-state index < -0.39 is 41.6 Å². The van der Waals surface area contributed by atoms with Crippen molar-refractivity contribution in [2.45, 2.75) is 149 Å². The van der Waals surface area contributed by atoms with Gasteiger partial charge in [-0.2, -0.15) is 13.2 Å². The molecule has 250 valence electrons. The molecule has 0 fully saturated rings. The zero-order valence-corrected chi connectivity index (χ0v) is 27.5. The molecule has 3 atom stereocenters. The molecule has 1 N–H and O–H groups in total. The fraction of sp³-hybridized carbons (Fsp3) is 0.722. The Morgan fingerprint density at radius 1 is 0.750 bits per heavy atom. The van der Waals surface area contributed by atoms with Crippen molar-refractivity contribution in [3.05, 3.63) is 46.7 Å². The van der Waals surface area contributed by atoms with E-state index in [0.29, 0.717) is 18.5 Å². The molecule has 1 aliphatic rings. The van der Waals surface area contributed by atoms with Gasteiger partial charge in [0.25, 0.3) is 0 Å². The number of rotatable bonds is 21. The predicted molar refractivity (Wildman–Crippen MR) is 170 cm³/mol. The van der Waals surface area contributed by atoms with Gasteiger partial charge < -0.3 is 14.8 Å². The lowest BCUT2D eigenvalue weighted by atomic mass is 9.72. The first-order valence-corrected chi connectivity index (χ1v) is 17.1. The molecule has 3 unspecified atom stereocenters. The van der Waals surface area contributed by atoms with Crippen molar-refractivity contribution in [3.8, 4) is 0 Å². The lowest BCUT2D eigenvalue weighted by Crippen LogP contribution is -2.48. The standard InChI is InChI=1S/C36H56F3NO4/c1-5-7-9-11-13-15-17-21-25-43-34(41)31-27(3)40-28(4)32(33(31)29-23-19-20-24-30(29)36(37,38)39)35(42)44-26-22-18-16-14-12-10-8-6-2/h19-20,23-24,27,31,33,40H,5-18,21-22,25-26H2,1-4H3. The highest BCUT2D eigenvalue weighted by atomic mass is 19.4. The SMILES string of the molecule is CCCCCCCCCCOC(=O)C1=C(C)NC(C)C(C(=O)OCCCCCCCCCC)C1c1ccccc1C(F)(F)F. The smallest absolute Gasteiger partial charge is 0.416 e. The van der Waals surface area contributed by atoms with Crippen LogP contribution >= 0.6 is 0 Å². The molecule has 0 aromatic heterocycles. The monoisotopic (exact) mass is 623 g/mol. The van der Waals surface area contributed by atoms with E-state index >= 15 is 0 Å². The summed E-state index contributed by atoms with van der Waals surface area (Å²) >= 11 is 0. The molecule has 1 aromatic carbocycles. The van der Waals surface area contributed by atoms with Crippen LogP contribution in [0.3, 0.4) is 0 Å². The average Bonchev–Trinajstić information content (AvgIpc) is 2.98. The van der Waals surface area contributed by atoms with Crippen LogP contribution in [-0.2, 0) is 25.2 Å². The third-order valence-corrected chi connectivity index (χ3v) is 8.62. The summed E-state index contributed by atoms with van der Waals surface area (Å²) in [5.41, 5.74) is -0.483. The quantitative estimate of drug-likeness (QED) is 0.109. The van der Waals surface area contributed by atoms with Crippen LogP contribution in [0.2, 0.25) is 0 Å². The number of alkyl halides is 3. The first-order chi connectivity index (χ1) is 21.1. The molecule has 0 spiro atoms. The summed E-state index contributed by atoms with van der Waals surface area (Å²) in [7, 11) is 0. The largest absolute Gasteiger partial charge is 0.465 e. The van der Waals surface area contributed by atoms with Crippen LogP contribution in [0.4, 0.5) is 13.2 Å². The first kappa shape index (κ1) is 37.7. The minimum Gasteiger partial charge on any atom is -0.465 e. The zero-order valence-electron chi connectivity index (χ0n) is 27.5. The molecule has 5 nitrogen and oxygen atoms in total. The number of ether oxygens (including phenoxy) is 2. The third-order valence-electron chi connectivity index (χ3n) is 8.62. The number of benzene rings is 1. The zero-order chi connectivity index (χ0) is 32.4. The fourth-order valence-corrected chi connectivity index (χ4v) is 6.19. The van der Waals surface area contributed by atoms with Gasteiger partial charge in [0.1, 0.15) is 0 Å². The predicted octanol–water partition coefficient (Wildman–Crippen LogP) is 10.0. The Morgan fingerprint density at radius 3 is 1.75 bits per heavy atom. The lowest BCUT2D eigenvalue weighted by Gasteiger charge is -2.39. The molecule has 0 saturated heterocycles. The van der Waals surface area contributed by atoms with Gasteiger partial charge in [-0.25, -0.2) is 4.79 Å². The van der Waals surface area contributed by atoms with Crippen LogP contribution in [0.25, 0.3) is 0 Å². The number of carbonyl (C=O) groups is 2. The molecule has 0 amide bonds. The Hall–Kier alpha value is -2.51. The molecule has 1 heterocycles. The average molecular weight is 624 g/mol. The molecule has 8 heteroatoms. The summed E-state index contributed by atoms with van der Waals surface area (Å²) in [5, 5.41) is 3.17. The molecule has 1 aliphatic heterocycles. The van der Waals surface area contributed by atoms with Crippen molar-refractivity contribution in [3.63, 3.8) is 0 Å². The molecule has 2 rings (SSSR count). The van der Waals surface area contributed by atoms with Gasteiger partial charge in [-0.05, 0) is 38.3 Å². The second-order valence-electron chi connectivity index (χ2n) is 12.3. The number of esters is 2. The molecular formula is C36H56F3NO4. The maximum absolute atomic E-state index is 14.2. The number of allylic oxidation sites excluding steroid dienone is 1. The molecule has 1 aromatic rings. The van der Waals surface area contributed by atoms with E-state index in [1.807, 2.05) is 0 Å². The summed E-state index contributed by atoms with van der Waals surface area (Å²) in [6.07, 6.45) is 12.7. The Kier molecular flexibility index (Phi) is 17.6. The van der Waals surface area contributed by atoms with Crippen LogP contribution in [0.15, 0.2) is 35.5 Å². The van der Waals surface area contributed by atoms with Crippen molar-refractivity contribution in [2.75, 3.05) is 13.2 Å². The third kappa shape index (κ3) is 12.5. The molecule has 0 bridgehead atoms. The molecule has 0 radical (unpaired) electrons. The van der Waals surface area contributed by atoms with Crippen LogP contribution in [0, 0.1) is 5.92 Å². The Bertz CT molecular complexity index is 1020. The number of carbonyl (C=O) groups excluding carboxylic acids is 2. The van der Waals surface area contributed by atoms with Gasteiger partial charge in [-0.1, -0.05) is 122 Å². The Labute approximate surface area is 263 Å². The Balaban J connectivity index is 2.15. The summed E-state index contributed by atoms with van der Waals surface area (Å²) in [6, 6.07) is 4.66. The second kappa shape index (κ2) is 20.5. The topological polar surface area (TPSA) is 64.6 Å².